The van der Waals surface area contributed by atoms with Crippen LogP contribution in [-0.2, 0) is 10.2 Å². The maximum Gasteiger partial charge on any atom is 0.277 e. The van der Waals surface area contributed by atoms with Crippen molar-refractivity contribution in [1.29, 1.82) is 0 Å². The predicted octanol–water partition coefficient (Wildman–Crippen LogP) is 0.209. The van der Waals surface area contributed by atoms with Crippen LogP contribution in [0.3, 0.4) is 0 Å². The molecule has 96 valence electrons. The molecule has 1 fully saturated rings. The standard InChI is InChI=1S/C10H23N3O2S/c1-10(2,3)13-16(14,15)12-8-9-4-6-11-7-5-9/h9,11-13H,4-8H2,1-3H3. The molecule has 3 N–H and O–H groups in total. The number of hydrogen-bond acceptors (Lipinski definition) is 3. The number of piperidine rings is 1. The average Bonchev–Trinajstić information content (AvgIpc) is 2.13. The fourth-order valence-electron chi connectivity index (χ4n) is 1.75. The van der Waals surface area contributed by atoms with E-state index in [0.29, 0.717) is 12.5 Å². The number of hydrogen-bond donors (Lipinski definition) is 3. The summed E-state index contributed by atoms with van der Waals surface area (Å²) in [6.07, 6.45) is 2.08. The third-order valence-electron chi connectivity index (χ3n) is 2.46. The van der Waals surface area contributed by atoms with Crippen molar-refractivity contribution in [2.45, 2.75) is 39.2 Å². The molecule has 1 rings (SSSR count). The summed E-state index contributed by atoms with van der Waals surface area (Å²) in [6.45, 7) is 8.00. The van der Waals surface area contributed by atoms with Gasteiger partial charge in [0, 0.05) is 12.1 Å². The number of nitrogens with one attached hydrogen (secondary N) is 3. The maximum atomic E-state index is 11.7. The molecule has 6 heteroatoms. The van der Waals surface area contributed by atoms with E-state index in [1.54, 1.807) is 0 Å². The molecule has 0 atom stereocenters. The Morgan fingerprint density at radius 3 is 2.31 bits per heavy atom. The van der Waals surface area contributed by atoms with Crippen LogP contribution in [0.2, 0.25) is 0 Å². The van der Waals surface area contributed by atoms with Gasteiger partial charge in [-0.1, -0.05) is 0 Å². The van der Waals surface area contributed by atoms with E-state index in [1.165, 1.54) is 0 Å². The van der Waals surface area contributed by atoms with E-state index in [0.717, 1.165) is 25.9 Å². The third-order valence-corrected chi connectivity index (χ3v) is 3.89. The van der Waals surface area contributed by atoms with E-state index in [-0.39, 0.29) is 0 Å². The summed E-state index contributed by atoms with van der Waals surface area (Å²) in [5.74, 6) is 0.456. The van der Waals surface area contributed by atoms with Crippen LogP contribution < -0.4 is 14.8 Å². The Morgan fingerprint density at radius 1 is 1.25 bits per heavy atom. The Kier molecular flexibility index (Phi) is 4.73. The van der Waals surface area contributed by atoms with Crippen molar-refractivity contribution < 1.29 is 8.42 Å². The van der Waals surface area contributed by atoms with Crippen molar-refractivity contribution in [1.82, 2.24) is 14.8 Å². The number of rotatable bonds is 4. The van der Waals surface area contributed by atoms with Gasteiger partial charge in [-0.25, -0.2) is 4.72 Å². The molecular formula is C10H23N3O2S. The van der Waals surface area contributed by atoms with E-state index < -0.39 is 15.7 Å². The normalized spacial score (nSPS) is 19.9. The molecule has 16 heavy (non-hydrogen) atoms. The van der Waals surface area contributed by atoms with Gasteiger partial charge < -0.3 is 5.32 Å². The zero-order valence-electron chi connectivity index (χ0n) is 10.3. The van der Waals surface area contributed by atoms with Gasteiger partial charge in [-0.3, -0.25) is 0 Å². The van der Waals surface area contributed by atoms with Crippen molar-refractivity contribution in [3.8, 4) is 0 Å². The summed E-state index contributed by atoms with van der Waals surface area (Å²) in [5, 5.41) is 3.26. The fraction of sp³-hybridized carbons (Fsp3) is 1.00. The van der Waals surface area contributed by atoms with Gasteiger partial charge in [-0.15, -0.1) is 0 Å². The van der Waals surface area contributed by atoms with Gasteiger partial charge >= 0.3 is 0 Å². The summed E-state index contributed by atoms with van der Waals surface area (Å²) in [6, 6.07) is 0. The van der Waals surface area contributed by atoms with Crippen molar-refractivity contribution in [2.24, 2.45) is 5.92 Å². The van der Waals surface area contributed by atoms with Gasteiger partial charge in [-0.2, -0.15) is 13.1 Å². The Morgan fingerprint density at radius 2 is 1.81 bits per heavy atom. The molecule has 0 aromatic heterocycles. The van der Waals surface area contributed by atoms with E-state index in [4.69, 9.17) is 0 Å². The quantitative estimate of drug-likeness (QED) is 0.667. The topological polar surface area (TPSA) is 70.2 Å². The van der Waals surface area contributed by atoms with Crippen LogP contribution in [0, 0.1) is 5.92 Å². The van der Waals surface area contributed by atoms with Crippen LogP contribution in [-0.4, -0.2) is 33.6 Å². The van der Waals surface area contributed by atoms with Gasteiger partial charge in [0.25, 0.3) is 10.2 Å². The first kappa shape index (κ1) is 13.9. The van der Waals surface area contributed by atoms with E-state index in [2.05, 4.69) is 14.8 Å². The minimum absolute atomic E-state index is 0.431. The SMILES string of the molecule is CC(C)(C)NS(=O)(=O)NCC1CCNCC1. The highest BCUT2D eigenvalue weighted by atomic mass is 32.2. The highest BCUT2D eigenvalue weighted by molar-refractivity contribution is 7.87. The molecule has 1 heterocycles. The first-order valence-electron chi connectivity index (χ1n) is 5.78. The van der Waals surface area contributed by atoms with E-state index >= 15 is 0 Å². The zero-order valence-corrected chi connectivity index (χ0v) is 11.2. The first-order valence-corrected chi connectivity index (χ1v) is 7.26. The van der Waals surface area contributed by atoms with Crippen LogP contribution in [0.1, 0.15) is 33.6 Å². The van der Waals surface area contributed by atoms with Gasteiger partial charge in [-0.05, 0) is 52.6 Å². The van der Waals surface area contributed by atoms with Crippen LogP contribution in [0.4, 0.5) is 0 Å². The Labute approximate surface area is 98.6 Å². The van der Waals surface area contributed by atoms with Crippen molar-refractivity contribution in [2.75, 3.05) is 19.6 Å². The largest absolute Gasteiger partial charge is 0.317 e. The van der Waals surface area contributed by atoms with Crippen LogP contribution in [0.15, 0.2) is 0 Å². The molecule has 0 unspecified atom stereocenters. The van der Waals surface area contributed by atoms with Crippen LogP contribution in [0.5, 0.6) is 0 Å². The van der Waals surface area contributed by atoms with Gasteiger partial charge in [0.1, 0.15) is 0 Å². The van der Waals surface area contributed by atoms with Crippen molar-refractivity contribution in [3.63, 3.8) is 0 Å². The molecule has 0 saturated carbocycles. The van der Waals surface area contributed by atoms with Crippen molar-refractivity contribution >= 4 is 10.2 Å². The van der Waals surface area contributed by atoms with Crippen LogP contribution in [0.25, 0.3) is 0 Å². The lowest BCUT2D eigenvalue weighted by atomic mass is 9.99. The summed E-state index contributed by atoms with van der Waals surface area (Å²) < 4.78 is 28.5. The lowest BCUT2D eigenvalue weighted by Gasteiger charge is -2.25. The fourth-order valence-corrected chi connectivity index (χ4v) is 3.09. The Balaban J connectivity index is 2.35. The lowest BCUT2D eigenvalue weighted by molar-refractivity contribution is 0.370. The third kappa shape index (κ3) is 5.79. The molecule has 0 bridgehead atoms. The molecule has 0 aliphatic carbocycles. The summed E-state index contributed by atoms with van der Waals surface area (Å²) in [4.78, 5) is 0. The molecule has 0 aromatic carbocycles. The molecule has 1 aliphatic rings. The smallest absolute Gasteiger partial charge is 0.277 e. The second-order valence-corrected chi connectivity index (χ2v) is 6.90. The molecule has 5 nitrogen and oxygen atoms in total. The molecule has 0 spiro atoms. The Hall–Kier alpha value is -0.170. The Bertz CT molecular complexity index is 303. The predicted molar refractivity (Wildman–Crippen MR) is 65.4 cm³/mol. The molecule has 1 saturated heterocycles. The summed E-state index contributed by atoms with van der Waals surface area (Å²) in [5.41, 5.74) is -0.431. The molecule has 0 radical (unpaired) electrons. The van der Waals surface area contributed by atoms with E-state index in [1.807, 2.05) is 20.8 Å². The molecule has 0 aromatic rings. The maximum absolute atomic E-state index is 11.7. The van der Waals surface area contributed by atoms with Crippen molar-refractivity contribution in [3.05, 3.63) is 0 Å². The minimum atomic E-state index is -3.36. The average molecular weight is 249 g/mol. The first-order chi connectivity index (χ1) is 7.29. The molecule has 1 aliphatic heterocycles. The monoisotopic (exact) mass is 249 g/mol. The molecule has 0 amide bonds. The second-order valence-electron chi connectivity index (χ2n) is 5.40. The lowest BCUT2D eigenvalue weighted by Crippen LogP contribution is -2.48. The highest BCUT2D eigenvalue weighted by Gasteiger charge is 2.21. The van der Waals surface area contributed by atoms with Gasteiger partial charge in [0.05, 0.1) is 0 Å². The van der Waals surface area contributed by atoms with E-state index in [9.17, 15) is 8.42 Å². The van der Waals surface area contributed by atoms with Gasteiger partial charge in [0.2, 0.25) is 0 Å². The highest BCUT2D eigenvalue weighted by Crippen LogP contribution is 2.10. The second kappa shape index (κ2) is 5.44. The summed E-state index contributed by atoms with van der Waals surface area (Å²) >= 11 is 0. The van der Waals surface area contributed by atoms with Gasteiger partial charge in [0.15, 0.2) is 0 Å². The zero-order chi connectivity index (χ0) is 12.2. The summed E-state index contributed by atoms with van der Waals surface area (Å²) in [7, 11) is -3.36. The minimum Gasteiger partial charge on any atom is -0.317 e. The van der Waals surface area contributed by atoms with Crippen LogP contribution >= 0.6 is 0 Å². The molecular weight excluding hydrogens is 226 g/mol.